The SMILES string of the molecule is CC(C(=O)N1CCCC1)N1CCCC1CN. The van der Waals surface area contributed by atoms with Gasteiger partial charge in [-0.15, -0.1) is 0 Å². The zero-order chi connectivity index (χ0) is 11.5. The maximum atomic E-state index is 12.2. The van der Waals surface area contributed by atoms with Crippen LogP contribution in [0.15, 0.2) is 0 Å². The van der Waals surface area contributed by atoms with E-state index in [0.717, 1.165) is 26.1 Å². The van der Waals surface area contributed by atoms with Gasteiger partial charge in [0.2, 0.25) is 5.91 Å². The Labute approximate surface area is 97.8 Å². The summed E-state index contributed by atoms with van der Waals surface area (Å²) in [6.45, 7) is 5.64. The lowest BCUT2D eigenvalue weighted by Crippen LogP contribution is -2.49. The van der Waals surface area contributed by atoms with Crippen molar-refractivity contribution in [1.29, 1.82) is 0 Å². The molecule has 0 saturated carbocycles. The Morgan fingerprint density at radius 3 is 2.62 bits per heavy atom. The Balaban J connectivity index is 1.94. The molecule has 2 atom stereocenters. The molecule has 16 heavy (non-hydrogen) atoms. The van der Waals surface area contributed by atoms with Crippen molar-refractivity contribution in [3.63, 3.8) is 0 Å². The Kier molecular flexibility index (Phi) is 3.82. The molecule has 2 saturated heterocycles. The van der Waals surface area contributed by atoms with Crippen LogP contribution in [0.5, 0.6) is 0 Å². The van der Waals surface area contributed by atoms with E-state index in [9.17, 15) is 4.79 Å². The molecule has 1 amide bonds. The van der Waals surface area contributed by atoms with Gasteiger partial charge in [0.15, 0.2) is 0 Å². The van der Waals surface area contributed by atoms with Crippen LogP contribution in [0.25, 0.3) is 0 Å². The summed E-state index contributed by atoms with van der Waals surface area (Å²) in [4.78, 5) is 16.5. The number of hydrogen-bond acceptors (Lipinski definition) is 3. The van der Waals surface area contributed by atoms with Gasteiger partial charge in [-0.1, -0.05) is 0 Å². The lowest BCUT2D eigenvalue weighted by atomic mass is 10.2. The number of nitrogens with zero attached hydrogens (tertiary/aromatic N) is 2. The van der Waals surface area contributed by atoms with Crippen LogP contribution in [0.3, 0.4) is 0 Å². The van der Waals surface area contributed by atoms with E-state index in [0.29, 0.717) is 18.5 Å². The smallest absolute Gasteiger partial charge is 0.239 e. The van der Waals surface area contributed by atoms with Gasteiger partial charge in [-0.2, -0.15) is 0 Å². The summed E-state index contributed by atoms with van der Waals surface area (Å²) in [7, 11) is 0. The van der Waals surface area contributed by atoms with Crippen molar-refractivity contribution in [2.24, 2.45) is 5.73 Å². The molecule has 2 fully saturated rings. The van der Waals surface area contributed by atoms with Gasteiger partial charge in [0, 0.05) is 25.7 Å². The van der Waals surface area contributed by atoms with Gasteiger partial charge < -0.3 is 10.6 Å². The van der Waals surface area contributed by atoms with Crippen LogP contribution in [0, 0.1) is 0 Å². The molecule has 2 rings (SSSR count). The average Bonchev–Trinajstić information content (AvgIpc) is 2.97. The number of hydrogen-bond donors (Lipinski definition) is 1. The Hall–Kier alpha value is -0.610. The van der Waals surface area contributed by atoms with Crippen LogP contribution in [-0.4, -0.2) is 54.0 Å². The van der Waals surface area contributed by atoms with E-state index >= 15 is 0 Å². The van der Waals surface area contributed by atoms with Crippen molar-refractivity contribution in [3.8, 4) is 0 Å². The normalized spacial score (nSPS) is 28.6. The van der Waals surface area contributed by atoms with Crippen LogP contribution in [-0.2, 0) is 4.79 Å². The van der Waals surface area contributed by atoms with Crippen molar-refractivity contribution in [1.82, 2.24) is 9.80 Å². The molecule has 0 aliphatic carbocycles. The predicted octanol–water partition coefficient (Wildman–Crippen LogP) is 0.420. The van der Waals surface area contributed by atoms with Crippen LogP contribution in [0.2, 0.25) is 0 Å². The zero-order valence-electron chi connectivity index (χ0n) is 10.2. The van der Waals surface area contributed by atoms with Gasteiger partial charge in [-0.25, -0.2) is 0 Å². The number of rotatable bonds is 3. The maximum absolute atomic E-state index is 12.2. The summed E-state index contributed by atoms with van der Waals surface area (Å²) in [5, 5.41) is 0. The first kappa shape index (κ1) is 11.9. The average molecular weight is 225 g/mol. The first-order valence-electron chi connectivity index (χ1n) is 6.48. The Morgan fingerprint density at radius 2 is 2.00 bits per heavy atom. The standard InChI is InChI=1S/C12H23N3O/c1-10(12(16)14-6-2-3-7-14)15-8-4-5-11(15)9-13/h10-11H,2-9,13H2,1H3. The van der Waals surface area contributed by atoms with E-state index in [1.54, 1.807) is 0 Å². The van der Waals surface area contributed by atoms with Crippen molar-refractivity contribution in [2.75, 3.05) is 26.2 Å². The highest BCUT2D eigenvalue weighted by Crippen LogP contribution is 2.21. The van der Waals surface area contributed by atoms with Crippen molar-refractivity contribution in [3.05, 3.63) is 0 Å². The third kappa shape index (κ3) is 2.23. The molecule has 0 aromatic rings. The van der Waals surface area contributed by atoms with E-state index in [1.165, 1.54) is 19.3 Å². The van der Waals surface area contributed by atoms with Crippen molar-refractivity contribution >= 4 is 5.91 Å². The summed E-state index contributed by atoms with van der Waals surface area (Å²) in [5.74, 6) is 0.304. The van der Waals surface area contributed by atoms with Crippen LogP contribution >= 0.6 is 0 Å². The molecule has 4 nitrogen and oxygen atoms in total. The molecule has 0 aromatic carbocycles. The van der Waals surface area contributed by atoms with Crippen molar-refractivity contribution in [2.45, 2.75) is 44.7 Å². The molecular formula is C12H23N3O. The largest absolute Gasteiger partial charge is 0.341 e. The fourth-order valence-corrected chi connectivity index (χ4v) is 2.96. The second-order valence-corrected chi connectivity index (χ2v) is 4.98. The highest BCUT2D eigenvalue weighted by atomic mass is 16.2. The fraction of sp³-hybridized carbons (Fsp3) is 0.917. The summed E-state index contributed by atoms with van der Waals surface area (Å²) >= 11 is 0. The molecule has 0 radical (unpaired) electrons. The van der Waals surface area contributed by atoms with E-state index in [-0.39, 0.29) is 6.04 Å². The highest BCUT2D eigenvalue weighted by molar-refractivity contribution is 5.81. The lowest BCUT2D eigenvalue weighted by molar-refractivity contribution is -0.135. The Morgan fingerprint density at radius 1 is 1.31 bits per heavy atom. The second-order valence-electron chi connectivity index (χ2n) is 4.98. The number of amides is 1. The number of carbonyl (C=O) groups excluding carboxylic acids is 1. The van der Waals surface area contributed by atoms with Gasteiger partial charge in [-0.05, 0) is 39.2 Å². The number of nitrogens with two attached hydrogens (primary N) is 1. The van der Waals surface area contributed by atoms with E-state index in [4.69, 9.17) is 5.73 Å². The molecule has 0 bridgehead atoms. The molecule has 2 heterocycles. The van der Waals surface area contributed by atoms with Gasteiger partial charge >= 0.3 is 0 Å². The minimum Gasteiger partial charge on any atom is -0.341 e. The van der Waals surface area contributed by atoms with E-state index in [1.807, 2.05) is 11.8 Å². The quantitative estimate of drug-likeness (QED) is 0.757. The maximum Gasteiger partial charge on any atom is 0.239 e. The van der Waals surface area contributed by atoms with E-state index in [2.05, 4.69) is 4.90 Å². The van der Waals surface area contributed by atoms with Crippen LogP contribution in [0.4, 0.5) is 0 Å². The first-order valence-corrected chi connectivity index (χ1v) is 6.48. The molecule has 2 N–H and O–H groups in total. The number of likely N-dealkylation sites (tertiary alicyclic amines) is 2. The molecule has 92 valence electrons. The van der Waals surface area contributed by atoms with Gasteiger partial charge in [0.05, 0.1) is 6.04 Å². The minimum atomic E-state index is 0.0224. The second kappa shape index (κ2) is 5.15. The molecule has 2 aliphatic rings. The predicted molar refractivity (Wildman–Crippen MR) is 64.1 cm³/mol. The van der Waals surface area contributed by atoms with E-state index < -0.39 is 0 Å². The van der Waals surface area contributed by atoms with Gasteiger partial charge in [0.1, 0.15) is 0 Å². The monoisotopic (exact) mass is 225 g/mol. The first-order chi connectivity index (χ1) is 7.74. The summed E-state index contributed by atoms with van der Waals surface area (Å²) < 4.78 is 0. The van der Waals surface area contributed by atoms with Crippen molar-refractivity contribution < 1.29 is 4.79 Å². The Bertz CT molecular complexity index is 251. The molecule has 2 unspecified atom stereocenters. The molecule has 4 heteroatoms. The van der Waals surface area contributed by atoms with Crippen LogP contribution < -0.4 is 5.73 Å². The summed E-state index contributed by atoms with van der Waals surface area (Å²) in [6.07, 6.45) is 4.66. The third-order valence-electron chi connectivity index (χ3n) is 3.97. The summed E-state index contributed by atoms with van der Waals surface area (Å²) in [5.41, 5.74) is 5.75. The molecule has 2 aliphatic heterocycles. The molecule has 0 aromatic heterocycles. The fourth-order valence-electron chi connectivity index (χ4n) is 2.96. The van der Waals surface area contributed by atoms with Gasteiger partial charge in [-0.3, -0.25) is 9.69 Å². The molecular weight excluding hydrogens is 202 g/mol. The number of carbonyl (C=O) groups is 1. The van der Waals surface area contributed by atoms with Crippen LogP contribution in [0.1, 0.15) is 32.6 Å². The lowest BCUT2D eigenvalue weighted by Gasteiger charge is -2.31. The summed E-state index contributed by atoms with van der Waals surface area (Å²) in [6, 6.07) is 0.440. The topological polar surface area (TPSA) is 49.6 Å². The van der Waals surface area contributed by atoms with Gasteiger partial charge in [0.25, 0.3) is 0 Å². The highest BCUT2D eigenvalue weighted by Gasteiger charge is 2.33. The third-order valence-corrected chi connectivity index (χ3v) is 3.97. The zero-order valence-corrected chi connectivity index (χ0v) is 10.2. The molecule has 0 spiro atoms. The minimum absolute atomic E-state index is 0.0224.